The summed E-state index contributed by atoms with van der Waals surface area (Å²) in [7, 11) is 0. The third kappa shape index (κ3) is 5.62. The number of benzene rings is 4. The Bertz CT molecular complexity index is 1640. The van der Waals surface area contributed by atoms with Crippen LogP contribution in [-0.2, 0) is 21.3 Å². The Balaban J connectivity index is 0.00000194. The molecule has 3 heteroatoms. The molecule has 0 N–H and O–H groups in total. The number of allylic oxidation sites excluding steroid dienone is 5. The molecule has 0 saturated heterocycles. The van der Waals surface area contributed by atoms with Crippen molar-refractivity contribution in [2.45, 2.75) is 38.2 Å². The van der Waals surface area contributed by atoms with Gasteiger partial charge in [-0.2, -0.15) is 0 Å². The summed E-state index contributed by atoms with van der Waals surface area (Å²) in [6, 6.07) is 40.5. The molecule has 2 aliphatic rings. The second kappa shape index (κ2) is 13.2. The van der Waals surface area contributed by atoms with E-state index in [4.69, 9.17) is 0 Å². The summed E-state index contributed by atoms with van der Waals surface area (Å²) in [5.74, 6) is 0.496. The first-order valence-corrected chi connectivity index (χ1v) is 18.0. The van der Waals surface area contributed by atoms with E-state index in [2.05, 4.69) is 150 Å². The van der Waals surface area contributed by atoms with E-state index in [9.17, 15) is 0 Å². The number of hydrogen-bond donors (Lipinski definition) is 0. The average Bonchev–Trinajstić information content (AvgIpc) is 3.41. The van der Waals surface area contributed by atoms with Gasteiger partial charge in [-0.3, -0.25) is 0 Å². The molecule has 41 heavy (non-hydrogen) atoms. The predicted octanol–water partition coefficient (Wildman–Crippen LogP) is 10.8. The van der Waals surface area contributed by atoms with Crippen LogP contribution in [-0.4, -0.2) is 3.21 Å². The zero-order chi connectivity index (χ0) is 27.1. The molecule has 4 aromatic rings. The summed E-state index contributed by atoms with van der Waals surface area (Å²) in [6.07, 6.45) is 2.51. The molecule has 0 heterocycles. The molecule has 0 bridgehead atoms. The molecule has 2 atom stereocenters. The van der Waals surface area contributed by atoms with Crippen molar-refractivity contribution in [3.8, 4) is 11.1 Å². The van der Waals surface area contributed by atoms with Crippen molar-refractivity contribution in [1.82, 2.24) is 0 Å². The fourth-order valence-corrected chi connectivity index (χ4v) is 17.1. The Morgan fingerprint density at radius 1 is 0.610 bits per heavy atom. The van der Waals surface area contributed by atoms with Crippen LogP contribution in [0.2, 0.25) is 0 Å². The van der Waals surface area contributed by atoms with Crippen LogP contribution in [0.4, 0.5) is 0 Å². The molecule has 2 unspecified atom stereocenters. The van der Waals surface area contributed by atoms with E-state index in [-0.39, 0.29) is 24.8 Å². The van der Waals surface area contributed by atoms with Crippen LogP contribution < -0.4 is 0 Å². The van der Waals surface area contributed by atoms with E-state index >= 15 is 0 Å². The fraction of sp³-hybridized carbons (Fsp3) is 0.184. The molecule has 2 aliphatic carbocycles. The Hall–Kier alpha value is -2.57. The van der Waals surface area contributed by atoms with Gasteiger partial charge in [0.2, 0.25) is 0 Å². The van der Waals surface area contributed by atoms with Gasteiger partial charge in [-0.15, -0.1) is 24.8 Å². The summed E-state index contributed by atoms with van der Waals surface area (Å²) in [4.78, 5) is 0. The first-order chi connectivity index (χ1) is 19.0. The van der Waals surface area contributed by atoms with Crippen molar-refractivity contribution in [3.63, 3.8) is 0 Å². The quantitative estimate of drug-likeness (QED) is 0.201. The Morgan fingerprint density at radius 2 is 1.15 bits per heavy atom. The van der Waals surface area contributed by atoms with Crippen LogP contribution in [0.1, 0.15) is 60.5 Å². The van der Waals surface area contributed by atoms with E-state index in [0.717, 1.165) is 0 Å². The van der Waals surface area contributed by atoms with Crippen molar-refractivity contribution in [2.75, 3.05) is 0 Å². The molecule has 0 aliphatic heterocycles. The van der Waals surface area contributed by atoms with Gasteiger partial charge in [0.05, 0.1) is 0 Å². The van der Waals surface area contributed by atoms with E-state index in [1.165, 1.54) is 44.5 Å². The molecule has 0 spiro atoms. The molecular formula is C38H38Cl2Zr. The normalized spacial score (nSPS) is 17.4. The van der Waals surface area contributed by atoms with Gasteiger partial charge in [-0.1, -0.05) is 0 Å². The minimum Gasteiger partial charge on any atom is -0.147 e. The second-order valence-electron chi connectivity index (χ2n) is 11.1. The third-order valence-electron chi connectivity index (χ3n) is 8.98. The largest absolute Gasteiger partial charge is 0.147 e. The van der Waals surface area contributed by atoms with Gasteiger partial charge < -0.3 is 0 Å². The fourth-order valence-electron chi connectivity index (χ4n) is 6.73. The topological polar surface area (TPSA) is 0 Å². The number of hydrogen-bond acceptors (Lipinski definition) is 0. The summed E-state index contributed by atoms with van der Waals surface area (Å²) >= 11 is -2.67. The number of fused-ring (bicyclic) bond motifs is 1. The molecule has 0 aromatic heterocycles. The third-order valence-corrected chi connectivity index (χ3v) is 18.4. The maximum Gasteiger partial charge on any atom is -0.147 e. The smallest absolute Gasteiger partial charge is 0.147 e. The molecular weight excluding hydrogens is 619 g/mol. The molecule has 0 saturated carbocycles. The van der Waals surface area contributed by atoms with Crippen molar-refractivity contribution in [3.05, 3.63) is 157 Å². The van der Waals surface area contributed by atoms with Crippen molar-refractivity contribution >= 4 is 34.1 Å². The first kappa shape index (κ1) is 31.4. The van der Waals surface area contributed by atoms with E-state index < -0.39 is 21.3 Å². The van der Waals surface area contributed by atoms with E-state index in [1.54, 1.807) is 17.6 Å². The van der Waals surface area contributed by atoms with E-state index in [0.29, 0.717) is 9.54 Å². The molecule has 0 radical (unpaired) electrons. The van der Waals surface area contributed by atoms with Crippen molar-refractivity contribution < 1.29 is 21.3 Å². The Labute approximate surface area is 265 Å². The van der Waals surface area contributed by atoms with Crippen molar-refractivity contribution in [1.29, 1.82) is 0 Å². The summed E-state index contributed by atoms with van der Waals surface area (Å²) in [5.41, 5.74) is 14.6. The Kier molecular flexibility index (Phi) is 10.1. The molecule has 0 fully saturated rings. The van der Waals surface area contributed by atoms with Gasteiger partial charge in [-0.05, 0) is 0 Å². The minimum absolute atomic E-state index is 0. The van der Waals surface area contributed by atoms with Gasteiger partial charge in [0.1, 0.15) is 0 Å². The molecule has 6 rings (SSSR count). The molecule has 208 valence electrons. The maximum absolute atomic E-state index is 2.67. The summed E-state index contributed by atoms with van der Waals surface area (Å²) in [5, 5.41) is 0. The van der Waals surface area contributed by atoms with Crippen LogP contribution in [0, 0.1) is 5.92 Å². The summed E-state index contributed by atoms with van der Waals surface area (Å²) in [6.45, 7) is 12.0. The minimum atomic E-state index is -2.67. The van der Waals surface area contributed by atoms with Gasteiger partial charge in [0, 0.05) is 0 Å². The monoisotopic (exact) mass is 654 g/mol. The molecule has 0 amide bonds. The zero-order valence-electron chi connectivity index (χ0n) is 24.4. The first-order valence-electron chi connectivity index (χ1n) is 14.1. The predicted molar refractivity (Wildman–Crippen MR) is 179 cm³/mol. The Morgan fingerprint density at radius 3 is 1.66 bits per heavy atom. The standard InChI is InChI=1S/C16H13.C13H10.C9H13.2ClH.Zr/c1-12-10-14-8-5-9-15(16(14)11-12)13-6-3-2-4-7-13;1-3-7-12(8-4-1)11-13-9-5-2-6-10-13;1-6-5-7(2)9(4)8(6)3;;;/h2-11H,1H3;1-10H;6H,1-4H3;2*1H;. The number of rotatable bonds is 5. The molecule has 0 nitrogen and oxygen atoms in total. The van der Waals surface area contributed by atoms with E-state index in [1.807, 2.05) is 0 Å². The van der Waals surface area contributed by atoms with Crippen LogP contribution in [0.5, 0.6) is 0 Å². The van der Waals surface area contributed by atoms with Crippen LogP contribution in [0.15, 0.2) is 135 Å². The molecule has 4 aromatic carbocycles. The van der Waals surface area contributed by atoms with Gasteiger partial charge >= 0.3 is 243 Å². The second-order valence-corrected chi connectivity index (χ2v) is 17.1. The van der Waals surface area contributed by atoms with Gasteiger partial charge in [0.15, 0.2) is 0 Å². The van der Waals surface area contributed by atoms with Crippen LogP contribution in [0.3, 0.4) is 0 Å². The SMILES string of the molecule is CC1=Cc2c(-c3ccccc3)cccc2[CH]1[Zr]([C]1=C(C)C(C)=C(C)C1C)=[C](c1ccccc1)c1ccccc1.Cl.Cl. The van der Waals surface area contributed by atoms with Crippen LogP contribution in [0.25, 0.3) is 17.2 Å². The van der Waals surface area contributed by atoms with Gasteiger partial charge in [-0.25, -0.2) is 0 Å². The zero-order valence-corrected chi connectivity index (χ0v) is 28.5. The summed E-state index contributed by atoms with van der Waals surface area (Å²) < 4.78 is 3.86. The average molecular weight is 657 g/mol. The number of halogens is 2. The maximum atomic E-state index is 2.51. The van der Waals surface area contributed by atoms with Gasteiger partial charge in [0.25, 0.3) is 0 Å². The van der Waals surface area contributed by atoms with Crippen LogP contribution >= 0.6 is 24.8 Å². The van der Waals surface area contributed by atoms with Crippen molar-refractivity contribution in [2.24, 2.45) is 5.92 Å².